The van der Waals surface area contributed by atoms with E-state index in [0.29, 0.717) is 22.8 Å². The highest BCUT2D eigenvalue weighted by molar-refractivity contribution is 7.22. The van der Waals surface area contributed by atoms with Gasteiger partial charge < -0.3 is 4.90 Å². The van der Waals surface area contributed by atoms with Gasteiger partial charge in [0.1, 0.15) is 0 Å². The van der Waals surface area contributed by atoms with Crippen molar-refractivity contribution < 1.29 is 9.72 Å². The topological polar surface area (TPSA) is 79.6 Å². The molecule has 0 aliphatic heterocycles. The summed E-state index contributed by atoms with van der Waals surface area (Å²) in [5, 5.41) is 12.0. The number of carbonyl (C=O) groups excluding carboxylic acids is 1. The van der Waals surface area contributed by atoms with Crippen molar-refractivity contribution in [2.24, 2.45) is 0 Å². The number of nitro groups is 1. The van der Waals surface area contributed by atoms with Gasteiger partial charge in [-0.15, -0.1) is 12.4 Å². The summed E-state index contributed by atoms with van der Waals surface area (Å²) in [5.74, 6) is -0.261. The van der Waals surface area contributed by atoms with E-state index in [1.165, 1.54) is 17.4 Å². The highest BCUT2D eigenvalue weighted by Gasteiger charge is 2.25. The summed E-state index contributed by atoms with van der Waals surface area (Å²) in [4.78, 5) is 32.9. The number of hydrogen-bond donors (Lipinski definition) is 0. The number of nitrogens with zero attached hydrogens (tertiary/aromatic N) is 4. The van der Waals surface area contributed by atoms with Crippen molar-refractivity contribution in [2.45, 2.75) is 27.2 Å². The number of anilines is 1. The van der Waals surface area contributed by atoms with Crippen LogP contribution in [0.3, 0.4) is 0 Å². The second-order valence-electron chi connectivity index (χ2n) is 7.75. The quantitative estimate of drug-likeness (QED) is 0.358. The van der Waals surface area contributed by atoms with Gasteiger partial charge >= 0.3 is 0 Å². The minimum Gasteiger partial charge on any atom is -0.309 e. The third kappa shape index (κ3) is 5.39. The first-order valence-electron chi connectivity index (χ1n) is 9.77. The number of aromatic nitrogens is 1. The fourth-order valence-corrected chi connectivity index (χ4v) is 4.55. The van der Waals surface area contributed by atoms with E-state index in [1.54, 1.807) is 24.0 Å². The SMILES string of the molecule is Cc1cc(C)c2sc(N(CCCN(C)C)C(=O)c3cccc([N+](=O)[O-])c3C)nc2c1.Cl. The van der Waals surface area contributed by atoms with Crippen LogP contribution in [-0.2, 0) is 0 Å². The number of nitro benzene ring substituents is 1. The largest absolute Gasteiger partial charge is 0.309 e. The summed E-state index contributed by atoms with van der Waals surface area (Å²) in [6.07, 6.45) is 0.765. The van der Waals surface area contributed by atoms with Crippen molar-refractivity contribution in [1.29, 1.82) is 0 Å². The van der Waals surface area contributed by atoms with E-state index in [1.807, 2.05) is 34.0 Å². The van der Waals surface area contributed by atoms with E-state index in [0.717, 1.165) is 34.3 Å². The van der Waals surface area contributed by atoms with Crippen LogP contribution in [0, 0.1) is 30.9 Å². The van der Waals surface area contributed by atoms with Crippen molar-refractivity contribution in [3.63, 3.8) is 0 Å². The molecule has 3 aromatic rings. The van der Waals surface area contributed by atoms with Crippen LogP contribution in [0.2, 0.25) is 0 Å². The first-order valence-corrected chi connectivity index (χ1v) is 10.6. The first-order chi connectivity index (χ1) is 14.2. The Hall–Kier alpha value is -2.55. The Morgan fingerprint density at radius 2 is 1.87 bits per heavy atom. The van der Waals surface area contributed by atoms with Gasteiger partial charge in [0.15, 0.2) is 5.13 Å². The minimum absolute atomic E-state index is 0. The maximum absolute atomic E-state index is 13.5. The van der Waals surface area contributed by atoms with Crippen molar-refractivity contribution in [2.75, 3.05) is 32.1 Å². The number of hydrogen-bond acceptors (Lipinski definition) is 6. The summed E-state index contributed by atoms with van der Waals surface area (Å²) in [6.45, 7) is 6.99. The molecule has 0 radical (unpaired) electrons. The van der Waals surface area contributed by atoms with Gasteiger partial charge in [-0.05, 0) is 71.1 Å². The first kappa shape index (κ1) is 24.7. The molecule has 0 saturated heterocycles. The summed E-state index contributed by atoms with van der Waals surface area (Å²) in [7, 11) is 3.97. The number of carbonyl (C=O) groups is 1. The van der Waals surface area contributed by atoms with Gasteiger partial charge in [-0.2, -0.15) is 0 Å². The standard InChI is InChI=1S/C22H26N4O3S.ClH/c1-14-12-15(2)20-18(13-14)23-22(30-20)25(11-7-10-24(4)5)21(27)17-8-6-9-19(16(17)3)26(28)29;/h6,8-9,12-13H,7,10-11H2,1-5H3;1H. The average Bonchev–Trinajstić information content (AvgIpc) is 3.08. The molecular formula is C22H27ClN4O3S. The number of aryl methyl sites for hydroxylation is 2. The Morgan fingerprint density at radius 3 is 2.52 bits per heavy atom. The van der Waals surface area contributed by atoms with Crippen molar-refractivity contribution in [1.82, 2.24) is 9.88 Å². The van der Waals surface area contributed by atoms with Gasteiger partial charge in [-0.25, -0.2) is 4.98 Å². The van der Waals surface area contributed by atoms with Crippen LogP contribution in [0.1, 0.15) is 33.5 Å². The number of benzene rings is 2. The van der Waals surface area contributed by atoms with E-state index in [-0.39, 0.29) is 24.0 Å². The fraction of sp³-hybridized carbons (Fsp3) is 0.364. The molecule has 166 valence electrons. The number of thiazole rings is 1. The molecule has 0 unspecified atom stereocenters. The smallest absolute Gasteiger partial charge is 0.273 e. The second kappa shape index (κ2) is 10.2. The summed E-state index contributed by atoms with van der Waals surface area (Å²) in [5.41, 5.74) is 3.77. The van der Waals surface area contributed by atoms with E-state index in [9.17, 15) is 14.9 Å². The summed E-state index contributed by atoms with van der Waals surface area (Å²) < 4.78 is 1.05. The monoisotopic (exact) mass is 462 g/mol. The predicted molar refractivity (Wildman–Crippen MR) is 129 cm³/mol. The average molecular weight is 463 g/mol. The summed E-state index contributed by atoms with van der Waals surface area (Å²) in [6, 6.07) is 8.75. The lowest BCUT2D eigenvalue weighted by molar-refractivity contribution is -0.385. The molecular weight excluding hydrogens is 436 g/mol. The molecule has 0 fully saturated rings. The highest BCUT2D eigenvalue weighted by atomic mass is 35.5. The normalized spacial score (nSPS) is 10.9. The lowest BCUT2D eigenvalue weighted by Gasteiger charge is -2.21. The number of rotatable bonds is 7. The molecule has 7 nitrogen and oxygen atoms in total. The third-order valence-electron chi connectivity index (χ3n) is 5.00. The number of halogens is 1. The molecule has 0 aliphatic rings. The Balaban J connectivity index is 0.00000341. The fourth-order valence-electron chi connectivity index (χ4n) is 3.51. The molecule has 1 amide bonds. The minimum atomic E-state index is -0.452. The second-order valence-corrected chi connectivity index (χ2v) is 8.72. The van der Waals surface area contributed by atoms with Crippen LogP contribution < -0.4 is 4.90 Å². The van der Waals surface area contributed by atoms with Gasteiger partial charge in [0.2, 0.25) is 0 Å². The Kier molecular flexibility index (Phi) is 8.11. The Morgan fingerprint density at radius 1 is 1.16 bits per heavy atom. The lowest BCUT2D eigenvalue weighted by Crippen LogP contribution is -2.34. The van der Waals surface area contributed by atoms with Crippen LogP contribution in [0.15, 0.2) is 30.3 Å². The van der Waals surface area contributed by atoms with Gasteiger partial charge in [-0.3, -0.25) is 19.8 Å². The zero-order valence-electron chi connectivity index (χ0n) is 18.3. The van der Waals surface area contributed by atoms with Crippen LogP contribution in [0.4, 0.5) is 10.8 Å². The Labute approximate surface area is 192 Å². The Bertz CT molecular complexity index is 1110. The maximum atomic E-state index is 13.5. The zero-order chi connectivity index (χ0) is 22.0. The molecule has 0 spiro atoms. The molecule has 0 N–H and O–H groups in total. The molecule has 0 atom stereocenters. The number of fused-ring (bicyclic) bond motifs is 1. The van der Waals surface area contributed by atoms with Gasteiger partial charge in [0, 0.05) is 23.7 Å². The van der Waals surface area contributed by atoms with Crippen LogP contribution >= 0.6 is 23.7 Å². The molecule has 31 heavy (non-hydrogen) atoms. The van der Waals surface area contributed by atoms with Gasteiger partial charge in [-0.1, -0.05) is 23.5 Å². The van der Waals surface area contributed by atoms with Crippen LogP contribution in [-0.4, -0.2) is 47.9 Å². The van der Waals surface area contributed by atoms with Crippen molar-refractivity contribution in [3.8, 4) is 0 Å². The van der Waals surface area contributed by atoms with Crippen molar-refractivity contribution in [3.05, 3.63) is 62.7 Å². The van der Waals surface area contributed by atoms with Crippen molar-refractivity contribution >= 4 is 50.7 Å². The van der Waals surface area contributed by atoms with E-state index in [2.05, 4.69) is 11.0 Å². The highest BCUT2D eigenvalue weighted by Crippen LogP contribution is 2.33. The molecule has 3 rings (SSSR count). The lowest BCUT2D eigenvalue weighted by atomic mass is 10.1. The molecule has 9 heteroatoms. The predicted octanol–water partition coefficient (Wildman–Crippen LogP) is 5.15. The molecule has 0 aliphatic carbocycles. The van der Waals surface area contributed by atoms with E-state index in [4.69, 9.17) is 4.98 Å². The molecule has 1 aromatic heterocycles. The summed E-state index contributed by atoms with van der Waals surface area (Å²) >= 11 is 1.49. The van der Waals surface area contributed by atoms with Crippen LogP contribution in [0.5, 0.6) is 0 Å². The zero-order valence-corrected chi connectivity index (χ0v) is 20.0. The molecule has 0 saturated carbocycles. The molecule has 1 heterocycles. The van der Waals surface area contributed by atoms with E-state index >= 15 is 0 Å². The molecule has 2 aromatic carbocycles. The van der Waals surface area contributed by atoms with Gasteiger partial charge in [0.25, 0.3) is 11.6 Å². The third-order valence-corrected chi connectivity index (χ3v) is 6.23. The van der Waals surface area contributed by atoms with E-state index < -0.39 is 4.92 Å². The van der Waals surface area contributed by atoms with Crippen LogP contribution in [0.25, 0.3) is 10.2 Å². The molecule has 0 bridgehead atoms. The number of amides is 1. The maximum Gasteiger partial charge on any atom is 0.273 e. The van der Waals surface area contributed by atoms with Gasteiger partial charge in [0.05, 0.1) is 15.1 Å².